The minimum absolute atomic E-state index is 0.916. The summed E-state index contributed by atoms with van der Waals surface area (Å²) in [5.41, 5.74) is 5.31. The third-order valence-electron chi connectivity index (χ3n) is 7.01. The third-order valence-corrected chi connectivity index (χ3v) is 7.01. The quantitative estimate of drug-likeness (QED) is 0.0365. The van der Waals surface area contributed by atoms with Gasteiger partial charge in [0.15, 0.2) is 0 Å². The molecule has 7 amide bonds. The van der Waals surface area contributed by atoms with Gasteiger partial charge in [-0.05, 0) is 0 Å². The van der Waals surface area contributed by atoms with Crippen LogP contribution in [-0.4, -0.2) is 192 Å². The van der Waals surface area contributed by atoms with E-state index in [9.17, 15) is 83.1 Å². The molecule has 29 heteroatoms. The molecule has 0 aliphatic heterocycles. The van der Waals surface area contributed by atoms with Gasteiger partial charge in [-0.15, -0.1) is 0 Å². The number of carbonyl (C=O) groups is 12. The van der Waals surface area contributed by atoms with E-state index in [2.05, 4.69) is 0 Å². The number of carbonyl (C=O) groups excluding carboxylic acids is 7. The maximum absolute atomic E-state index is 13.0. The summed E-state index contributed by atoms with van der Waals surface area (Å²) in [7, 11) is 0. The van der Waals surface area contributed by atoms with Crippen molar-refractivity contribution in [2.75, 3.05) is 26.4 Å². The van der Waals surface area contributed by atoms with Gasteiger partial charge in [-0.2, -0.15) is 0 Å². The average Bonchev–Trinajstić information content (AvgIpc) is 3.11. The molecule has 18 N–H and O–H groups in total. The van der Waals surface area contributed by atoms with Crippen LogP contribution in [0, 0.1) is 0 Å². The van der Waals surface area contributed by atoms with Crippen molar-refractivity contribution >= 4 is 71.2 Å². The Morgan fingerprint density at radius 1 is 0.333 bits per heavy atom. The second-order valence-corrected chi connectivity index (χ2v) is 11.5. The highest BCUT2D eigenvalue weighted by molar-refractivity contribution is 5.99. The lowest BCUT2D eigenvalue weighted by atomic mass is 10.1. The molecular weight excluding hydrogens is 784 g/mol. The zero-order chi connectivity index (χ0) is 44.2. The van der Waals surface area contributed by atoms with Gasteiger partial charge in [0.25, 0.3) is 0 Å². The monoisotopic (exact) mass is 826 g/mol. The van der Waals surface area contributed by atoms with Gasteiger partial charge in [-0.3, -0.25) is 52.7 Å². The van der Waals surface area contributed by atoms with E-state index in [-0.39, 0.29) is 0 Å². The van der Waals surface area contributed by atoms with Gasteiger partial charge < -0.3 is 88.9 Å². The average molecular weight is 827 g/mol. The Kier molecular flexibility index (Phi) is 21.9. The number of hydrogen-bond acceptors (Lipinski definition) is 17. The number of aliphatic hydroxyl groups is 4. The summed E-state index contributed by atoms with van der Waals surface area (Å²) in [5, 5.41) is 96.3. The van der Waals surface area contributed by atoms with E-state index in [1.165, 1.54) is 0 Å². The van der Waals surface area contributed by atoms with Crippen LogP contribution in [0.2, 0.25) is 0 Å². The molecule has 29 nitrogen and oxygen atoms in total. The van der Waals surface area contributed by atoms with E-state index in [1.807, 2.05) is 21.3 Å². The van der Waals surface area contributed by atoms with Crippen LogP contribution in [0.25, 0.3) is 0 Å². The van der Waals surface area contributed by atoms with E-state index in [0.717, 1.165) is 0 Å². The normalized spacial score (nSPS) is 14.9. The molecule has 0 fully saturated rings. The first-order valence-corrected chi connectivity index (χ1v) is 15.9. The summed E-state index contributed by atoms with van der Waals surface area (Å²) in [5.74, 6) is -18.8. The molecule has 0 unspecified atom stereocenters. The Morgan fingerprint density at radius 2 is 0.544 bits per heavy atom. The Morgan fingerprint density at radius 3 is 0.772 bits per heavy atom. The highest BCUT2D eigenvalue weighted by Gasteiger charge is 2.35. The SMILES string of the molecule is N[C@@H](CO)C(=O)N[C@@H](CC(=O)O)C(=O)N[C@@H](CO)C(=O)N[C@@H](CC(=O)O)C(=O)N[C@@H](CO)C(=O)N[C@@H](CC(=O)O)C(=O)N[C@@H](CO)C(=O)N[C@@H](CC(=O)O)C(=O)O. The molecule has 0 aromatic heterocycles. The maximum atomic E-state index is 13.0. The van der Waals surface area contributed by atoms with Crippen LogP contribution in [0.15, 0.2) is 0 Å². The van der Waals surface area contributed by atoms with Crippen molar-refractivity contribution in [3.63, 3.8) is 0 Å². The third kappa shape index (κ3) is 18.6. The fourth-order valence-corrected chi connectivity index (χ4v) is 4.10. The molecule has 0 aromatic rings. The molecule has 0 spiro atoms. The molecule has 0 bridgehead atoms. The first kappa shape index (κ1) is 50.4. The van der Waals surface area contributed by atoms with Crippen LogP contribution in [0.4, 0.5) is 0 Å². The zero-order valence-electron chi connectivity index (χ0n) is 29.3. The molecule has 0 aliphatic rings. The van der Waals surface area contributed by atoms with Crippen LogP contribution in [-0.2, 0) is 57.5 Å². The van der Waals surface area contributed by atoms with Gasteiger partial charge in [0.1, 0.15) is 48.3 Å². The summed E-state index contributed by atoms with van der Waals surface area (Å²) in [4.78, 5) is 145. The number of carboxylic acids is 5. The number of amides is 7. The molecular formula is C28H42N8O21. The van der Waals surface area contributed by atoms with E-state index in [0.29, 0.717) is 0 Å². The van der Waals surface area contributed by atoms with Crippen LogP contribution < -0.4 is 43.0 Å². The minimum atomic E-state index is -2.18. The molecule has 0 rings (SSSR count). The number of carboxylic acid groups (broad SMARTS) is 5. The Labute approximate surface area is 318 Å². The summed E-state index contributed by atoms with van der Waals surface area (Å²) < 4.78 is 0. The topological polar surface area (TPSA) is 497 Å². The molecule has 320 valence electrons. The van der Waals surface area contributed by atoms with Crippen LogP contribution >= 0.6 is 0 Å². The number of nitrogens with one attached hydrogen (secondary N) is 7. The maximum Gasteiger partial charge on any atom is 0.326 e. The largest absolute Gasteiger partial charge is 0.481 e. The smallest absolute Gasteiger partial charge is 0.326 e. The van der Waals surface area contributed by atoms with E-state index in [1.54, 1.807) is 16.0 Å². The van der Waals surface area contributed by atoms with Gasteiger partial charge in [0, 0.05) is 0 Å². The van der Waals surface area contributed by atoms with Crippen molar-refractivity contribution in [1.82, 2.24) is 37.2 Å². The Hall–Kier alpha value is -6.56. The second-order valence-electron chi connectivity index (χ2n) is 11.5. The highest BCUT2D eigenvalue weighted by atomic mass is 16.4. The first-order chi connectivity index (χ1) is 26.5. The zero-order valence-corrected chi connectivity index (χ0v) is 29.3. The van der Waals surface area contributed by atoms with Crippen molar-refractivity contribution in [2.24, 2.45) is 5.73 Å². The van der Waals surface area contributed by atoms with Gasteiger partial charge in [0.2, 0.25) is 41.4 Å². The molecule has 0 aliphatic carbocycles. The number of hydrogen-bond donors (Lipinski definition) is 17. The Bertz CT molecular complexity index is 1540. The van der Waals surface area contributed by atoms with E-state index >= 15 is 0 Å². The molecule has 0 saturated carbocycles. The Balaban J connectivity index is 6.02. The summed E-state index contributed by atoms with van der Waals surface area (Å²) in [6.45, 7) is -4.81. The molecule has 0 saturated heterocycles. The van der Waals surface area contributed by atoms with Gasteiger partial charge in [0.05, 0.1) is 52.1 Å². The van der Waals surface area contributed by atoms with Crippen molar-refractivity contribution in [1.29, 1.82) is 0 Å². The van der Waals surface area contributed by atoms with Crippen LogP contribution in [0.3, 0.4) is 0 Å². The predicted octanol–water partition coefficient (Wildman–Crippen LogP) is -10.3. The lowest BCUT2D eigenvalue weighted by Crippen LogP contribution is -2.61. The molecule has 0 radical (unpaired) electrons. The summed E-state index contributed by atoms with van der Waals surface area (Å²) in [6.07, 6.45) is -4.77. The number of aliphatic hydroxyl groups excluding tert-OH is 4. The highest BCUT2D eigenvalue weighted by Crippen LogP contribution is 2.02. The van der Waals surface area contributed by atoms with Crippen molar-refractivity contribution in [2.45, 2.75) is 74.0 Å². The fourth-order valence-electron chi connectivity index (χ4n) is 4.10. The summed E-state index contributed by atoms with van der Waals surface area (Å²) in [6, 6.07) is -16.2. The summed E-state index contributed by atoms with van der Waals surface area (Å²) >= 11 is 0. The van der Waals surface area contributed by atoms with Crippen molar-refractivity contribution in [3.8, 4) is 0 Å². The predicted molar refractivity (Wildman–Crippen MR) is 176 cm³/mol. The van der Waals surface area contributed by atoms with Crippen LogP contribution in [0.5, 0.6) is 0 Å². The van der Waals surface area contributed by atoms with Gasteiger partial charge >= 0.3 is 29.8 Å². The molecule has 0 heterocycles. The number of aliphatic carboxylic acids is 5. The van der Waals surface area contributed by atoms with Crippen LogP contribution in [0.1, 0.15) is 25.7 Å². The molecule has 0 aromatic carbocycles. The van der Waals surface area contributed by atoms with E-state index < -0.39 is 172 Å². The number of nitrogens with two attached hydrogens (primary N) is 1. The van der Waals surface area contributed by atoms with Gasteiger partial charge in [-0.1, -0.05) is 0 Å². The standard InChI is InChI=1S/C28H42N8O21/c29-9(5-37)21(49)30-10(1-17(41)42)22(50)34-14(6-38)25(53)31-11(2-18(43)44)23(51)35-15(7-39)26(54)32-12(3-19(45)46)24(52)36-16(8-40)27(55)33-13(28(56)57)4-20(47)48/h9-16,37-40H,1-8,29H2,(H,30,49)(H,31,53)(H,32,54)(H,33,55)(H,34,50)(H,35,51)(H,36,52)(H,41,42)(H,43,44)(H,45,46)(H,47,48)(H,56,57)/t9-,10-,11-,12-,13-,14-,15-,16-/m0/s1. The van der Waals surface area contributed by atoms with Crippen molar-refractivity contribution in [3.05, 3.63) is 0 Å². The van der Waals surface area contributed by atoms with Gasteiger partial charge in [-0.25, -0.2) is 4.79 Å². The van der Waals surface area contributed by atoms with Crippen molar-refractivity contribution < 1.29 is 103 Å². The lowest BCUT2D eigenvalue weighted by molar-refractivity contribution is -0.147. The minimum Gasteiger partial charge on any atom is -0.481 e. The lowest BCUT2D eigenvalue weighted by Gasteiger charge is -2.26. The molecule has 57 heavy (non-hydrogen) atoms. The number of rotatable bonds is 27. The molecule has 8 atom stereocenters. The van der Waals surface area contributed by atoms with E-state index in [4.69, 9.17) is 26.2 Å². The first-order valence-electron chi connectivity index (χ1n) is 15.9. The second kappa shape index (κ2) is 24.8. The fraction of sp³-hybridized carbons (Fsp3) is 0.571.